The number of esters is 1. The number of H-pyrrole nitrogens is 1. The fraction of sp³-hybridized carbons (Fsp3) is 0.263. The zero-order valence-electron chi connectivity index (χ0n) is 26.8. The van der Waals surface area contributed by atoms with Crippen LogP contribution in [0, 0.1) is 0 Å². The smallest absolute Gasteiger partial charge is 0.355 e. The fourth-order valence-electron chi connectivity index (χ4n) is 6.37. The predicted octanol–water partition coefficient (Wildman–Crippen LogP) is 8.42. The first-order chi connectivity index (χ1) is 23.4. The van der Waals surface area contributed by atoms with E-state index in [2.05, 4.69) is 40.2 Å². The molecule has 6 rings (SSSR count). The lowest BCUT2D eigenvalue weighted by molar-refractivity contribution is -0.130. The number of rotatable bonds is 11. The van der Waals surface area contributed by atoms with Gasteiger partial charge in [0.05, 0.1) is 30.8 Å². The molecule has 1 aliphatic heterocycles. The highest BCUT2D eigenvalue weighted by Gasteiger charge is 2.32. The number of hydrogen-bond acceptors (Lipinski definition) is 6. The van der Waals surface area contributed by atoms with E-state index in [9.17, 15) is 9.59 Å². The predicted molar refractivity (Wildman–Crippen MR) is 194 cm³/mol. The summed E-state index contributed by atoms with van der Waals surface area (Å²) in [4.78, 5) is 34.8. The summed E-state index contributed by atoms with van der Waals surface area (Å²) in [6.07, 6.45) is 0. The van der Waals surface area contributed by atoms with E-state index in [4.69, 9.17) is 32.7 Å². The van der Waals surface area contributed by atoms with E-state index >= 15 is 0 Å². The first-order valence-electron chi connectivity index (χ1n) is 15.9. The molecule has 248 valence electrons. The number of ether oxygens (including phenoxy) is 2. The zero-order chi connectivity index (χ0) is 33.6. The molecular weight excluding hydrogens is 665 g/mol. The van der Waals surface area contributed by atoms with Crippen LogP contribution >= 0.6 is 35.0 Å². The van der Waals surface area contributed by atoms with Crippen LogP contribution in [0.1, 0.15) is 51.0 Å². The first kappa shape index (κ1) is 33.9. The minimum Gasteiger partial charge on any atom is -0.497 e. The van der Waals surface area contributed by atoms with Gasteiger partial charge in [-0.2, -0.15) is 0 Å². The minimum absolute atomic E-state index is 0.0290. The second-order valence-corrected chi connectivity index (χ2v) is 13.5. The molecule has 0 unspecified atom stereocenters. The lowest BCUT2D eigenvalue weighted by Crippen LogP contribution is -2.50. The number of carbonyl (C=O) groups excluding carboxylic acids is 2. The lowest BCUT2D eigenvalue weighted by atomic mass is 9.96. The molecule has 4 aromatic carbocycles. The van der Waals surface area contributed by atoms with Crippen LogP contribution in [0.15, 0.2) is 97.1 Å². The van der Waals surface area contributed by atoms with Crippen LogP contribution in [0.5, 0.6) is 5.75 Å². The molecule has 1 fully saturated rings. The Balaban J connectivity index is 1.25. The molecular formula is C38H37Cl2N3O4S. The highest BCUT2D eigenvalue weighted by Crippen LogP contribution is 2.45. The summed E-state index contributed by atoms with van der Waals surface area (Å²) in [6, 6.07) is 31.6. The van der Waals surface area contributed by atoms with Crippen molar-refractivity contribution in [2.75, 3.05) is 45.6 Å². The number of carbonyl (C=O) groups is 2. The minimum atomic E-state index is -0.463. The number of hydrogen-bond donors (Lipinski definition) is 1. The summed E-state index contributed by atoms with van der Waals surface area (Å²) in [7, 11) is 1.61. The van der Waals surface area contributed by atoms with Gasteiger partial charge < -0.3 is 19.4 Å². The van der Waals surface area contributed by atoms with Gasteiger partial charge in [0.1, 0.15) is 11.4 Å². The summed E-state index contributed by atoms with van der Waals surface area (Å²) in [5, 5.41) is 1.63. The van der Waals surface area contributed by atoms with Crippen LogP contribution in [-0.2, 0) is 9.53 Å². The second-order valence-electron chi connectivity index (χ2n) is 11.5. The molecule has 1 aliphatic rings. The molecule has 5 aromatic rings. The molecule has 7 nitrogen and oxygen atoms in total. The summed E-state index contributed by atoms with van der Waals surface area (Å²) in [6.45, 7) is 4.63. The van der Waals surface area contributed by atoms with Crippen molar-refractivity contribution >= 4 is 57.7 Å². The van der Waals surface area contributed by atoms with E-state index in [1.807, 2.05) is 71.6 Å². The van der Waals surface area contributed by atoms with Gasteiger partial charge in [-0.1, -0.05) is 83.9 Å². The number of nitrogens with zero attached hydrogens (tertiary/aromatic N) is 2. The molecule has 1 N–H and O–H groups in total. The number of fused-ring (bicyclic) bond motifs is 1. The molecule has 1 amide bonds. The third-order valence-corrected chi connectivity index (χ3v) is 10.5. The van der Waals surface area contributed by atoms with Gasteiger partial charge in [0, 0.05) is 52.7 Å². The number of nitrogens with one attached hydrogen (secondary N) is 1. The number of methoxy groups -OCH3 is 1. The normalized spacial score (nSPS) is 14.9. The van der Waals surface area contributed by atoms with Crippen molar-refractivity contribution in [1.82, 2.24) is 14.8 Å². The van der Waals surface area contributed by atoms with E-state index in [-0.39, 0.29) is 24.3 Å². The molecule has 0 radical (unpaired) electrons. The third kappa shape index (κ3) is 7.37. The molecule has 10 heteroatoms. The average Bonchev–Trinajstić information content (AvgIpc) is 3.49. The highest BCUT2D eigenvalue weighted by molar-refractivity contribution is 8.00. The number of thioether (sulfide) groups is 1. The quantitative estimate of drug-likeness (QED) is 0.139. The van der Waals surface area contributed by atoms with Crippen molar-refractivity contribution in [3.05, 3.63) is 135 Å². The summed E-state index contributed by atoms with van der Waals surface area (Å²) in [5.41, 5.74) is 4.94. The fourth-order valence-corrected chi connectivity index (χ4v) is 8.17. The Kier molecular flexibility index (Phi) is 11.0. The van der Waals surface area contributed by atoms with Crippen molar-refractivity contribution in [2.24, 2.45) is 0 Å². The van der Waals surface area contributed by atoms with Crippen LogP contribution < -0.4 is 4.74 Å². The Morgan fingerprint density at radius 2 is 1.60 bits per heavy atom. The highest BCUT2D eigenvalue weighted by atomic mass is 35.5. The molecule has 0 saturated carbocycles. The Morgan fingerprint density at radius 3 is 2.31 bits per heavy atom. The monoisotopic (exact) mass is 701 g/mol. The van der Waals surface area contributed by atoms with E-state index in [1.54, 1.807) is 14.0 Å². The van der Waals surface area contributed by atoms with Gasteiger partial charge in [0.2, 0.25) is 5.91 Å². The Labute approximate surface area is 295 Å². The second kappa shape index (κ2) is 15.5. The Morgan fingerprint density at radius 1 is 0.875 bits per heavy atom. The van der Waals surface area contributed by atoms with Crippen molar-refractivity contribution in [1.29, 1.82) is 0 Å². The van der Waals surface area contributed by atoms with Gasteiger partial charge in [-0.25, -0.2) is 4.79 Å². The first-order valence-corrected chi connectivity index (χ1v) is 17.7. The molecule has 0 bridgehead atoms. The molecule has 48 heavy (non-hydrogen) atoms. The molecule has 2 heterocycles. The van der Waals surface area contributed by atoms with E-state index in [0.29, 0.717) is 53.2 Å². The summed E-state index contributed by atoms with van der Waals surface area (Å²) >= 11 is 14.6. The lowest BCUT2D eigenvalue weighted by Gasteiger charge is -2.40. The molecule has 2 atom stereocenters. The molecule has 1 aromatic heterocycles. The standard InChI is InChI=1S/C38H37Cl2N3O4S/c1-3-47-38(45)35-34(30-23-28(46-2)16-17-32(30)41-35)37(29-14-7-8-15-31(29)40)48-24-33(44)42-18-20-43(21-19-42)36(25-10-5-4-6-11-25)26-12-9-13-27(39)22-26/h4-17,22-23,36-37,41H,3,18-21,24H2,1-2H3/t36-,37+/m0/s1. The Hall–Kier alpha value is -3.95. The van der Waals surface area contributed by atoms with Crippen molar-refractivity contribution in [3.63, 3.8) is 0 Å². The van der Waals surface area contributed by atoms with Gasteiger partial charge in [0.15, 0.2) is 0 Å². The van der Waals surface area contributed by atoms with Crippen LogP contribution in [0.3, 0.4) is 0 Å². The maximum atomic E-state index is 13.9. The maximum Gasteiger partial charge on any atom is 0.355 e. The number of piperazine rings is 1. The van der Waals surface area contributed by atoms with Crippen molar-refractivity contribution < 1.29 is 19.1 Å². The maximum absolute atomic E-state index is 13.9. The largest absolute Gasteiger partial charge is 0.497 e. The average molecular weight is 703 g/mol. The zero-order valence-corrected chi connectivity index (χ0v) is 29.2. The van der Waals surface area contributed by atoms with Crippen LogP contribution in [0.2, 0.25) is 10.0 Å². The number of aromatic amines is 1. The number of halogens is 2. The SMILES string of the molecule is CCOC(=O)c1[nH]c2ccc(OC)cc2c1[C@H](SCC(=O)N1CCN([C@@H](c2ccccc2)c2cccc(Cl)c2)CC1)c1ccccc1Cl. The van der Waals surface area contributed by atoms with Crippen molar-refractivity contribution in [3.8, 4) is 5.75 Å². The third-order valence-electron chi connectivity index (χ3n) is 8.66. The number of amides is 1. The van der Waals surface area contributed by atoms with E-state index in [1.165, 1.54) is 17.3 Å². The summed E-state index contributed by atoms with van der Waals surface area (Å²) < 4.78 is 11.0. The molecule has 0 aliphatic carbocycles. The van der Waals surface area contributed by atoms with Gasteiger partial charge in [0.25, 0.3) is 0 Å². The van der Waals surface area contributed by atoms with Gasteiger partial charge >= 0.3 is 5.97 Å². The van der Waals surface area contributed by atoms with Crippen LogP contribution in [0.4, 0.5) is 0 Å². The number of aromatic nitrogens is 1. The van der Waals surface area contributed by atoms with E-state index in [0.717, 1.165) is 22.0 Å². The van der Waals surface area contributed by atoms with Crippen LogP contribution in [-0.4, -0.2) is 72.3 Å². The summed E-state index contributed by atoms with van der Waals surface area (Å²) in [5.74, 6) is 0.424. The van der Waals surface area contributed by atoms with Gasteiger partial charge in [-0.15, -0.1) is 11.8 Å². The Bertz CT molecular complexity index is 1890. The number of benzene rings is 4. The molecule has 0 spiro atoms. The van der Waals surface area contributed by atoms with E-state index < -0.39 is 11.2 Å². The van der Waals surface area contributed by atoms with Crippen molar-refractivity contribution in [2.45, 2.75) is 18.2 Å². The van der Waals surface area contributed by atoms with Gasteiger partial charge in [-0.3, -0.25) is 9.69 Å². The van der Waals surface area contributed by atoms with Gasteiger partial charge in [-0.05, 0) is 60.0 Å². The topological polar surface area (TPSA) is 74.9 Å². The van der Waals surface area contributed by atoms with Crippen LogP contribution in [0.25, 0.3) is 10.9 Å². The molecule has 1 saturated heterocycles.